The summed E-state index contributed by atoms with van der Waals surface area (Å²) in [6, 6.07) is -0.189. The standard InChI is InChI=1S/C42H81NO6/c1-4-7-10-13-16-17-18-19-20-23-29-38(49-42(45)39-30-28-34-43-39)33-37-46-40(44)31-24-25-32-41(47-35-26-21-14-11-8-5-2)48-36-27-22-15-12-9-6-3/h38-39,41,43H,4-37H2,1-3H3/t38-,39-/m1/s1. The summed E-state index contributed by atoms with van der Waals surface area (Å²) in [5.41, 5.74) is 0. The summed E-state index contributed by atoms with van der Waals surface area (Å²) >= 11 is 0. The van der Waals surface area contributed by atoms with Crippen molar-refractivity contribution >= 4 is 11.9 Å². The average molecular weight is 696 g/mol. The maximum atomic E-state index is 12.7. The van der Waals surface area contributed by atoms with Gasteiger partial charge in [0, 0.05) is 26.1 Å². The Hall–Kier alpha value is -1.18. The Morgan fingerprint density at radius 2 is 1.06 bits per heavy atom. The third-order valence-corrected chi connectivity index (χ3v) is 9.88. The molecule has 1 aliphatic rings. The van der Waals surface area contributed by atoms with Crippen LogP contribution < -0.4 is 5.32 Å². The quantitative estimate of drug-likeness (QED) is 0.0393. The van der Waals surface area contributed by atoms with Gasteiger partial charge in [0.1, 0.15) is 12.1 Å². The van der Waals surface area contributed by atoms with Crippen molar-refractivity contribution < 1.29 is 28.5 Å². The van der Waals surface area contributed by atoms with E-state index in [9.17, 15) is 9.59 Å². The molecule has 49 heavy (non-hydrogen) atoms. The smallest absolute Gasteiger partial charge is 0.323 e. The molecule has 0 amide bonds. The van der Waals surface area contributed by atoms with E-state index in [4.69, 9.17) is 18.9 Å². The van der Waals surface area contributed by atoms with Crippen LogP contribution in [-0.4, -0.2) is 56.7 Å². The number of esters is 2. The first-order valence-corrected chi connectivity index (χ1v) is 21.4. The molecule has 0 radical (unpaired) electrons. The van der Waals surface area contributed by atoms with Gasteiger partial charge in [0.2, 0.25) is 0 Å². The van der Waals surface area contributed by atoms with Gasteiger partial charge in [-0.1, -0.05) is 143 Å². The molecule has 1 N–H and O–H groups in total. The zero-order valence-corrected chi connectivity index (χ0v) is 32.7. The molecule has 1 aliphatic heterocycles. The van der Waals surface area contributed by atoms with E-state index in [1.807, 2.05) is 0 Å². The normalized spacial score (nSPS) is 15.2. The first-order valence-electron chi connectivity index (χ1n) is 21.4. The lowest BCUT2D eigenvalue weighted by Gasteiger charge is -2.20. The highest BCUT2D eigenvalue weighted by atomic mass is 16.7. The molecule has 1 heterocycles. The van der Waals surface area contributed by atoms with Gasteiger partial charge in [-0.3, -0.25) is 9.59 Å². The highest BCUT2D eigenvalue weighted by Gasteiger charge is 2.26. The van der Waals surface area contributed by atoms with E-state index in [0.717, 1.165) is 84.0 Å². The number of ether oxygens (including phenoxy) is 4. The lowest BCUT2D eigenvalue weighted by Crippen LogP contribution is -2.35. The van der Waals surface area contributed by atoms with Gasteiger partial charge in [-0.2, -0.15) is 0 Å². The molecular weight excluding hydrogens is 614 g/mol. The maximum absolute atomic E-state index is 12.7. The summed E-state index contributed by atoms with van der Waals surface area (Å²) in [6.07, 6.45) is 33.5. The Kier molecular flexibility index (Phi) is 33.0. The number of carbonyl (C=O) groups is 2. The van der Waals surface area contributed by atoms with Crippen molar-refractivity contribution in [2.75, 3.05) is 26.4 Å². The van der Waals surface area contributed by atoms with Crippen molar-refractivity contribution in [1.29, 1.82) is 0 Å². The molecule has 0 aromatic heterocycles. The third-order valence-electron chi connectivity index (χ3n) is 9.88. The molecule has 290 valence electrons. The van der Waals surface area contributed by atoms with Gasteiger partial charge in [0.15, 0.2) is 6.29 Å². The second-order valence-corrected chi connectivity index (χ2v) is 14.6. The van der Waals surface area contributed by atoms with Crippen molar-refractivity contribution in [2.45, 2.75) is 232 Å². The SMILES string of the molecule is CCCCCCCCCCCC[C@H](CCOC(=O)CCCCC(OCCCCCCCC)OCCCCCCCC)OC(=O)[C@H]1CCCN1. The van der Waals surface area contributed by atoms with E-state index in [1.165, 1.54) is 116 Å². The Balaban J connectivity index is 2.33. The van der Waals surface area contributed by atoms with Crippen molar-refractivity contribution in [3.63, 3.8) is 0 Å². The minimum absolute atomic E-state index is 0.145. The minimum atomic E-state index is -0.190. The summed E-state index contributed by atoms with van der Waals surface area (Å²) in [7, 11) is 0. The molecular formula is C42H81NO6. The van der Waals surface area contributed by atoms with Crippen LogP contribution >= 0.6 is 0 Å². The van der Waals surface area contributed by atoms with Gasteiger partial charge in [-0.25, -0.2) is 0 Å². The molecule has 1 fully saturated rings. The van der Waals surface area contributed by atoms with Crippen molar-refractivity contribution in [3.8, 4) is 0 Å². The molecule has 1 rings (SSSR count). The van der Waals surface area contributed by atoms with Gasteiger partial charge in [-0.05, 0) is 64.3 Å². The molecule has 0 aromatic rings. The van der Waals surface area contributed by atoms with E-state index in [0.29, 0.717) is 19.4 Å². The topological polar surface area (TPSA) is 83.1 Å². The summed E-state index contributed by atoms with van der Waals surface area (Å²) in [5.74, 6) is -0.313. The van der Waals surface area contributed by atoms with Gasteiger partial charge in [-0.15, -0.1) is 0 Å². The van der Waals surface area contributed by atoms with Crippen molar-refractivity contribution in [3.05, 3.63) is 0 Å². The number of carbonyl (C=O) groups excluding carboxylic acids is 2. The van der Waals surface area contributed by atoms with E-state index in [2.05, 4.69) is 26.1 Å². The van der Waals surface area contributed by atoms with Crippen LogP contribution in [0.3, 0.4) is 0 Å². The summed E-state index contributed by atoms with van der Waals surface area (Å²) in [5, 5.41) is 3.25. The van der Waals surface area contributed by atoms with E-state index in [-0.39, 0.29) is 30.4 Å². The average Bonchev–Trinajstić information content (AvgIpc) is 3.65. The van der Waals surface area contributed by atoms with Gasteiger partial charge < -0.3 is 24.3 Å². The number of hydrogen-bond acceptors (Lipinski definition) is 7. The Bertz CT molecular complexity index is 710. The molecule has 0 unspecified atom stereocenters. The molecule has 7 heteroatoms. The van der Waals surface area contributed by atoms with Gasteiger partial charge in [0.05, 0.1) is 6.61 Å². The predicted molar refractivity (Wildman–Crippen MR) is 204 cm³/mol. The van der Waals surface area contributed by atoms with Crippen LogP contribution in [0.15, 0.2) is 0 Å². The fraction of sp³-hybridized carbons (Fsp3) is 0.952. The van der Waals surface area contributed by atoms with Crippen molar-refractivity contribution in [2.24, 2.45) is 0 Å². The molecule has 1 saturated heterocycles. The van der Waals surface area contributed by atoms with Gasteiger partial charge in [0.25, 0.3) is 0 Å². The Labute approximate surface area is 303 Å². The number of rotatable bonds is 37. The van der Waals surface area contributed by atoms with Crippen LogP contribution in [0.4, 0.5) is 0 Å². The third kappa shape index (κ3) is 29.1. The highest BCUT2D eigenvalue weighted by Crippen LogP contribution is 2.18. The molecule has 0 spiro atoms. The number of hydrogen-bond donors (Lipinski definition) is 1. The first kappa shape index (κ1) is 45.8. The number of nitrogens with one attached hydrogen (secondary N) is 1. The van der Waals surface area contributed by atoms with Crippen LogP contribution in [0.2, 0.25) is 0 Å². The largest absolute Gasteiger partial charge is 0.466 e. The molecule has 0 aliphatic carbocycles. The summed E-state index contributed by atoms with van der Waals surface area (Å²) < 4.78 is 23.9. The molecule has 0 aromatic carbocycles. The summed E-state index contributed by atoms with van der Waals surface area (Å²) in [6.45, 7) is 9.43. The number of unbranched alkanes of at least 4 members (excludes halogenated alkanes) is 20. The van der Waals surface area contributed by atoms with Crippen LogP contribution in [-0.2, 0) is 28.5 Å². The Morgan fingerprint density at radius 3 is 1.57 bits per heavy atom. The predicted octanol–water partition coefficient (Wildman–Crippen LogP) is 11.5. The van der Waals surface area contributed by atoms with Crippen LogP contribution in [0.25, 0.3) is 0 Å². The monoisotopic (exact) mass is 696 g/mol. The lowest BCUT2D eigenvalue weighted by atomic mass is 10.0. The van der Waals surface area contributed by atoms with E-state index >= 15 is 0 Å². The minimum Gasteiger partial charge on any atom is -0.466 e. The van der Waals surface area contributed by atoms with E-state index in [1.54, 1.807) is 0 Å². The molecule has 0 saturated carbocycles. The zero-order valence-electron chi connectivity index (χ0n) is 32.7. The first-order chi connectivity index (χ1) is 24.1. The van der Waals surface area contributed by atoms with Crippen LogP contribution in [0, 0.1) is 0 Å². The molecule has 0 bridgehead atoms. The zero-order chi connectivity index (χ0) is 35.5. The fourth-order valence-corrected chi connectivity index (χ4v) is 6.62. The maximum Gasteiger partial charge on any atom is 0.323 e. The Morgan fingerprint density at radius 1 is 0.571 bits per heavy atom. The fourth-order valence-electron chi connectivity index (χ4n) is 6.62. The van der Waals surface area contributed by atoms with Gasteiger partial charge >= 0.3 is 11.9 Å². The van der Waals surface area contributed by atoms with Crippen LogP contribution in [0.1, 0.15) is 213 Å². The molecule has 2 atom stereocenters. The van der Waals surface area contributed by atoms with Crippen LogP contribution in [0.5, 0.6) is 0 Å². The van der Waals surface area contributed by atoms with E-state index < -0.39 is 0 Å². The van der Waals surface area contributed by atoms with Crippen molar-refractivity contribution in [1.82, 2.24) is 5.32 Å². The second kappa shape index (κ2) is 35.2. The lowest BCUT2D eigenvalue weighted by molar-refractivity contribution is -0.154. The second-order valence-electron chi connectivity index (χ2n) is 14.6. The molecule has 7 nitrogen and oxygen atoms in total. The highest BCUT2D eigenvalue weighted by molar-refractivity contribution is 5.76. The summed E-state index contributed by atoms with van der Waals surface area (Å²) in [4.78, 5) is 25.3.